The second-order valence-electron chi connectivity index (χ2n) is 5.53. The van der Waals surface area contributed by atoms with Crippen molar-refractivity contribution in [2.45, 2.75) is 19.8 Å². The van der Waals surface area contributed by atoms with Crippen LogP contribution in [0, 0.1) is 5.92 Å². The molecule has 1 atom stereocenters. The molecule has 21 heavy (non-hydrogen) atoms. The summed E-state index contributed by atoms with van der Waals surface area (Å²) in [5, 5.41) is 0.921. The Bertz CT molecular complexity index is 670. The van der Waals surface area contributed by atoms with Crippen molar-refractivity contribution in [3.63, 3.8) is 0 Å². The number of hydrogen-bond donors (Lipinski definition) is 2. The molecular weight excluding hydrogens is 264 g/mol. The maximum absolute atomic E-state index is 12.6. The van der Waals surface area contributed by atoms with Crippen molar-refractivity contribution in [3.8, 4) is 0 Å². The maximum Gasteiger partial charge on any atom is 0.272 e. The van der Waals surface area contributed by atoms with E-state index >= 15 is 0 Å². The van der Waals surface area contributed by atoms with Gasteiger partial charge in [0.05, 0.1) is 11.2 Å². The third-order valence-electron chi connectivity index (χ3n) is 4.24. The molecule has 0 saturated carbocycles. The number of likely N-dealkylation sites (tertiary alicyclic amines) is 1. The number of carbonyl (C=O) groups excluding carboxylic acids is 1. The minimum Gasteiger partial charge on any atom is -0.337 e. The average molecular weight is 284 g/mol. The van der Waals surface area contributed by atoms with Crippen LogP contribution in [0.2, 0.25) is 0 Å². The van der Waals surface area contributed by atoms with Crippen LogP contribution in [-0.4, -0.2) is 28.9 Å². The van der Waals surface area contributed by atoms with Crippen LogP contribution in [0.25, 0.3) is 10.9 Å². The molecule has 110 valence electrons. The molecule has 1 saturated heterocycles. The van der Waals surface area contributed by atoms with E-state index in [9.17, 15) is 4.79 Å². The number of pyridine rings is 1. The van der Waals surface area contributed by atoms with Crippen LogP contribution < -0.4 is 11.3 Å². The van der Waals surface area contributed by atoms with Crippen LogP contribution in [0.5, 0.6) is 0 Å². The second kappa shape index (κ2) is 5.69. The fourth-order valence-corrected chi connectivity index (χ4v) is 2.92. The summed E-state index contributed by atoms with van der Waals surface area (Å²) >= 11 is 0. The van der Waals surface area contributed by atoms with Gasteiger partial charge < -0.3 is 10.3 Å². The quantitative estimate of drug-likeness (QED) is 0.670. The highest BCUT2D eigenvalue weighted by Gasteiger charge is 2.27. The Labute approximate surface area is 124 Å². The lowest BCUT2D eigenvalue weighted by molar-refractivity contribution is 0.0781. The van der Waals surface area contributed by atoms with Gasteiger partial charge in [0.15, 0.2) is 0 Å². The van der Waals surface area contributed by atoms with Crippen molar-refractivity contribution in [3.05, 3.63) is 36.0 Å². The molecule has 0 spiro atoms. The number of nitrogens with zero attached hydrogens (tertiary/aromatic N) is 2. The van der Waals surface area contributed by atoms with Crippen molar-refractivity contribution in [2.24, 2.45) is 11.8 Å². The lowest BCUT2D eigenvalue weighted by Gasteiger charge is -2.17. The number of rotatable bonds is 3. The second-order valence-corrected chi connectivity index (χ2v) is 5.53. The molecule has 1 unspecified atom stereocenters. The summed E-state index contributed by atoms with van der Waals surface area (Å²) in [6.45, 7) is 3.82. The molecule has 1 amide bonds. The van der Waals surface area contributed by atoms with Gasteiger partial charge in [-0.05, 0) is 24.5 Å². The Morgan fingerprint density at radius 3 is 3.00 bits per heavy atom. The van der Waals surface area contributed by atoms with E-state index < -0.39 is 0 Å². The molecule has 3 N–H and O–H groups in total. The molecule has 1 aromatic heterocycles. The van der Waals surface area contributed by atoms with E-state index in [1.165, 1.54) is 0 Å². The van der Waals surface area contributed by atoms with E-state index in [1.54, 1.807) is 6.07 Å². The van der Waals surface area contributed by atoms with Gasteiger partial charge in [-0.3, -0.25) is 10.6 Å². The van der Waals surface area contributed by atoms with E-state index in [1.807, 2.05) is 29.2 Å². The number of nitrogens with one attached hydrogen (secondary N) is 1. The topological polar surface area (TPSA) is 71.2 Å². The van der Waals surface area contributed by atoms with Crippen molar-refractivity contribution in [1.82, 2.24) is 9.88 Å². The zero-order valence-corrected chi connectivity index (χ0v) is 12.2. The van der Waals surface area contributed by atoms with Crippen LogP contribution >= 0.6 is 0 Å². The molecule has 5 heteroatoms. The van der Waals surface area contributed by atoms with Crippen LogP contribution in [0.4, 0.5) is 5.69 Å². The highest BCUT2D eigenvalue weighted by molar-refractivity contribution is 5.99. The molecule has 2 heterocycles. The summed E-state index contributed by atoms with van der Waals surface area (Å²) in [4.78, 5) is 19.0. The maximum atomic E-state index is 12.6. The molecule has 1 aliphatic rings. The van der Waals surface area contributed by atoms with Gasteiger partial charge in [0.1, 0.15) is 5.69 Å². The predicted molar refractivity (Wildman–Crippen MR) is 83.9 cm³/mol. The Kier molecular flexibility index (Phi) is 3.75. The Balaban J connectivity index is 1.95. The summed E-state index contributed by atoms with van der Waals surface area (Å²) in [5.74, 6) is 6.19. The number of nitrogen functional groups attached to an aromatic ring is 1. The van der Waals surface area contributed by atoms with Crippen LogP contribution in [0.1, 0.15) is 30.3 Å². The van der Waals surface area contributed by atoms with Crippen LogP contribution in [0.3, 0.4) is 0 Å². The van der Waals surface area contributed by atoms with Gasteiger partial charge in [-0.25, -0.2) is 4.98 Å². The normalized spacial score (nSPS) is 18.2. The summed E-state index contributed by atoms with van der Waals surface area (Å²) in [6, 6.07) is 9.41. The first-order chi connectivity index (χ1) is 10.2. The zero-order chi connectivity index (χ0) is 14.8. The molecule has 1 aromatic carbocycles. The van der Waals surface area contributed by atoms with Gasteiger partial charge in [0, 0.05) is 18.5 Å². The predicted octanol–water partition coefficient (Wildman–Crippen LogP) is 2.39. The number of benzene rings is 1. The van der Waals surface area contributed by atoms with E-state index in [0.717, 1.165) is 42.5 Å². The lowest BCUT2D eigenvalue weighted by Crippen LogP contribution is -2.29. The van der Waals surface area contributed by atoms with E-state index in [-0.39, 0.29) is 5.91 Å². The summed E-state index contributed by atoms with van der Waals surface area (Å²) in [7, 11) is 0. The van der Waals surface area contributed by atoms with Gasteiger partial charge in [-0.2, -0.15) is 0 Å². The van der Waals surface area contributed by atoms with E-state index in [0.29, 0.717) is 11.6 Å². The summed E-state index contributed by atoms with van der Waals surface area (Å²) in [5.41, 5.74) is 4.63. The van der Waals surface area contributed by atoms with E-state index in [4.69, 9.17) is 5.84 Å². The first-order valence-electron chi connectivity index (χ1n) is 7.38. The molecule has 5 nitrogen and oxygen atoms in total. The van der Waals surface area contributed by atoms with Crippen LogP contribution in [0.15, 0.2) is 30.3 Å². The van der Waals surface area contributed by atoms with Gasteiger partial charge >= 0.3 is 0 Å². The van der Waals surface area contributed by atoms with Crippen molar-refractivity contribution >= 4 is 22.5 Å². The number of hydrazine groups is 1. The number of amides is 1. The minimum absolute atomic E-state index is 0.00629. The number of aromatic nitrogens is 1. The van der Waals surface area contributed by atoms with Crippen LogP contribution in [-0.2, 0) is 0 Å². The number of nitrogens with two attached hydrogens (primary N) is 1. The van der Waals surface area contributed by atoms with Crippen molar-refractivity contribution in [1.29, 1.82) is 0 Å². The fraction of sp³-hybridized carbons (Fsp3) is 0.375. The SMILES string of the molecule is CCC1CCN(C(=O)c2cc(NN)c3ccccc3n2)C1. The zero-order valence-electron chi connectivity index (χ0n) is 12.2. The summed E-state index contributed by atoms with van der Waals surface area (Å²) in [6.07, 6.45) is 2.20. The van der Waals surface area contributed by atoms with Gasteiger partial charge in [0.25, 0.3) is 5.91 Å². The molecule has 2 aromatic rings. The molecule has 0 bridgehead atoms. The Hall–Kier alpha value is -2.14. The molecule has 3 rings (SSSR count). The smallest absolute Gasteiger partial charge is 0.272 e. The molecular formula is C16H20N4O. The minimum atomic E-state index is -0.00629. The Morgan fingerprint density at radius 1 is 1.48 bits per heavy atom. The summed E-state index contributed by atoms with van der Waals surface area (Å²) < 4.78 is 0. The number of anilines is 1. The standard InChI is InChI=1S/C16H20N4O/c1-2-11-7-8-20(10-11)16(21)15-9-14(19-17)12-5-3-4-6-13(12)18-15/h3-6,9,11H,2,7-8,10,17H2,1H3,(H,18,19). The largest absolute Gasteiger partial charge is 0.337 e. The first-order valence-corrected chi connectivity index (χ1v) is 7.38. The first kappa shape index (κ1) is 13.8. The van der Waals surface area contributed by atoms with Crippen molar-refractivity contribution < 1.29 is 4.79 Å². The highest BCUT2D eigenvalue weighted by atomic mass is 16.2. The number of fused-ring (bicyclic) bond motifs is 1. The van der Waals surface area contributed by atoms with Crippen molar-refractivity contribution in [2.75, 3.05) is 18.5 Å². The fourth-order valence-electron chi connectivity index (χ4n) is 2.92. The number of hydrogen-bond acceptors (Lipinski definition) is 4. The Morgan fingerprint density at radius 2 is 2.29 bits per heavy atom. The van der Waals surface area contributed by atoms with Gasteiger partial charge in [0.2, 0.25) is 0 Å². The molecule has 1 fully saturated rings. The molecule has 1 aliphatic heterocycles. The molecule has 0 radical (unpaired) electrons. The highest BCUT2D eigenvalue weighted by Crippen LogP contribution is 2.25. The lowest BCUT2D eigenvalue weighted by atomic mass is 10.1. The van der Waals surface area contributed by atoms with Gasteiger partial charge in [-0.1, -0.05) is 31.5 Å². The number of para-hydroxylation sites is 1. The third kappa shape index (κ3) is 2.56. The molecule has 0 aliphatic carbocycles. The van der Waals surface area contributed by atoms with Gasteiger partial charge in [-0.15, -0.1) is 0 Å². The third-order valence-corrected chi connectivity index (χ3v) is 4.24. The average Bonchev–Trinajstić information content (AvgIpc) is 3.02. The monoisotopic (exact) mass is 284 g/mol. The number of carbonyl (C=O) groups is 1. The van der Waals surface area contributed by atoms with E-state index in [2.05, 4.69) is 17.3 Å².